The van der Waals surface area contributed by atoms with Crippen LogP contribution in [0, 0.1) is 0 Å². The van der Waals surface area contributed by atoms with Crippen molar-refractivity contribution in [2.24, 2.45) is 0 Å². The fraction of sp³-hybridized carbons (Fsp3) is 0.267. The maximum atomic E-state index is 11.7. The van der Waals surface area contributed by atoms with Gasteiger partial charge in [0, 0.05) is 24.3 Å². The Morgan fingerprint density at radius 2 is 1.77 bits per heavy atom. The SMILES string of the molecule is C=CCNC(=O)c1ccc(NC(=O)NCC(=O)NCC)cc1. The molecule has 4 amide bonds. The molecule has 0 radical (unpaired) electrons. The number of carbonyl (C=O) groups excluding carboxylic acids is 3. The minimum Gasteiger partial charge on any atom is -0.355 e. The maximum absolute atomic E-state index is 11.7. The van der Waals surface area contributed by atoms with Crippen molar-refractivity contribution in [3.8, 4) is 0 Å². The van der Waals surface area contributed by atoms with Crippen LogP contribution in [-0.2, 0) is 4.79 Å². The third-order valence-electron chi connectivity index (χ3n) is 2.60. The van der Waals surface area contributed by atoms with Gasteiger partial charge in [-0.1, -0.05) is 6.08 Å². The van der Waals surface area contributed by atoms with E-state index >= 15 is 0 Å². The molecular formula is C15H20N4O3. The Morgan fingerprint density at radius 3 is 2.36 bits per heavy atom. The van der Waals surface area contributed by atoms with Gasteiger partial charge in [-0.25, -0.2) is 4.79 Å². The minimum atomic E-state index is -0.491. The van der Waals surface area contributed by atoms with Crippen LogP contribution < -0.4 is 21.3 Å². The summed E-state index contributed by atoms with van der Waals surface area (Å²) >= 11 is 0. The van der Waals surface area contributed by atoms with E-state index in [0.717, 1.165) is 0 Å². The van der Waals surface area contributed by atoms with Crippen molar-refractivity contribution in [2.45, 2.75) is 6.92 Å². The second kappa shape index (κ2) is 9.17. The summed E-state index contributed by atoms with van der Waals surface area (Å²) in [6, 6.07) is 5.91. The van der Waals surface area contributed by atoms with Gasteiger partial charge in [0.1, 0.15) is 0 Å². The molecular weight excluding hydrogens is 284 g/mol. The number of nitrogens with one attached hydrogen (secondary N) is 4. The van der Waals surface area contributed by atoms with Gasteiger partial charge >= 0.3 is 6.03 Å². The van der Waals surface area contributed by atoms with Crippen LogP contribution in [0.3, 0.4) is 0 Å². The summed E-state index contributed by atoms with van der Waals surface area (Å²) in [6.45, 7) is 6.12. The molecule has 0 aliphatic rings. The number of amides is 4. The van der Waals surface area contributed by atoms with Crippen LogP contribution in [-0.4, -0.2) is 37.5 Å². The van der Waals surface area contributed by atoms with E-state index in [1.54, 1.807) is 37.3 Å². The molecule has 0 heterocycles. The Kier molecular flexibility index (Phi) is 7.18. The second-order valence-corrected chi connectivity index (χ2v) is 4.34. The van der Waals surface area contributed by atoms with Gasteiger partial charge in [0.25, 0.3) is 5.91 Å². The lowest BCUT2D eigenvalue weighted by molar-refractivity contribution is -0.119. The molecule has 0 bridgehead atoms. The van der Waals surface area contributed by atoms with Gasteiger partial charge in [-0.05, 0) is 31.2 Å². The standard InChI is InChI=1S/C15H20N4O3/c1-3-9-17-14(21)11-5-7-12(8-6-11)19-15(22)18-10-13(20)16-4-2/h3,5-8H,1,4,9-10H2,2H3,(H,16,20)(H,17,21)(H2,18,19,22). The number of hydrogen-bond donors (Lipinski definition) is 4. The number of carbonyl (C=O) groups is 3. The monoisotopic (exact) mass is 304 g/mol. The van der Waals surface area contributed by atoms with E-state index in [2.05, 4.69) is 27.8 Å². The number of rotatable bonds is 7. The predicted molar refractivity (Wildman–Crippen MR) is 84.7 cm³/mol. The minimum absolute atomic E-state index is 0.0955. The number of likely N-dealkylation sites (N-methyl/N-ethyl adjacent to an activating group) is 1. The van der Waals surface area contributed by atoms with E-state index in [9.17, 15) is 14.4 Å². The van der Waals surface area contributed by atoms with Crippen molar-refractivity contribution in [3.05, 3.63) is 42.5 Å². The first-order valence-electron chi connectivity index (χ1n) is 6.87. The highest BCUT2D eigenvalue weighted by Gasteiger charge is 2.06. The number of benzene rings is 1. The van der Waals surface area contributed by atoms with Gasteiger partial charge < -0.3 is 21.3 Å². The molecule has 0 saturated heterocycles. The summed E-state index contributed by atoms with van der Waals surface area (Å²) in [4.78, 5) is 34.5. The molecule has 0 atom stereocenters. The van der Waals surface area contributed by atoms with Gasteiger partial charge in [-0.3, -0.25) is 9.59 Å². The average molecular weight is 304 g/mol. The highest BCUT2D eigenvalue weighted by atomic mass is 16.2. The van der Waals surface area contributed by atoms with E-state index in [4.69, 9.17) is 0 Å². The molecule has 0 saturated carbocycles. The fourth-order valence-electron chi connectivity index (χ4n) is 1.57. The summed E-state index contributed by atoms with van der Waals surface area (Å²) in [6.07, 6.45) is 1.59. The van der Waals surface area contributed by atoms with E-state index in [0.29, 0.717) is 24.3 Å². The van der Waals surface area contributed by atoms with Crippen LogP contribution in [0.2, 0.25) is 0 Å². The lowest BCUT2D eigenvalue weighted by Crippen LogP contribution is -2.38. The smallest absolute Gasteiger partial charge is 0.319 e. The molecule has 7 heteroatoms. The highest BCUT2D eigenvalue weighted by molar-refractivity contribution is 5.96. The first-order valence-corrected chi connectivity index (χ1v) is 6.87. The van der Waals surface area contributed by atoms with Crippen LogP contribution >= 0.6 is 0 Å². The summed E-state index contributed by atoms with van der Waals surface area (Å²) in [5, 5.41) is 10.2. The number of urea groups is 1. The molecule has 4 N–H and O–H groups in total. The topological polar surface area (TPSA) is 99.3 Å². The molecule has 1 rings (SSSR count). The van der Waals surface area contributed by atoms with Gasteiger partial charge in [0.05, 0.1) is 6.54 Å². The number of hydrogen-bond acceptors (Lipinski definition) is 3. The van der Waals surface area contributed by atoms with E-state index in [-0.39, 0.29) is 18.4 Å². The highest BCUT2D eigenvalue weighted by Crippen LogP contribution is 2.09. The summed E-state index contributed by atoms with van der Waals surface area (Å²) in [5.41, 5.74) is 1.00. The molecule has 0 fully saturated rings. The van der Waals surface area contributed by atoms with Crippen molar-refractivity contribution in [1.29, 1.82) is 0 Å². The van der Waals surface area contributed by atoms with E-state index in [1.165, 1.54) is 0 Å². The van der Waals surface area contributed by atoms with Crippen molar-refractivity contribution >= 4 is 23.5 Å². The lowest BCUT2D eigenvalue weighted by atomic mass is 10.2. The van der Waals surface area contributed by atoms with Crippen molar-refractivity contribution < 1.29 is 14.4 Å². The zero-order valence-electron chi connectivity index (χ0n) is 12.4. The first-order chi connectivity index (χ1) is 10.6. The van der Waals surface area contributed by atoms with Crippen LogP contribution in [0.4, 0.5) is 10.5 Å². The molecule has 0 unspecified atom stereocenters. The largest absolute Gasteiger partial charge is 0.355 e. The normalized spacial score (nSPS) is 9.50. The summed E-state index contributed by atoms with van der Waals surface area (Å²) < 4.78 is 0. The summed E-state index contributed by atoms with van der Waals surface area (Å²) in [5.74, 6) is -0.473. The molecule has 0 spiro atoms. The molecule has 118 valence electrons. The number of anilines is 1. The van der Waals surface area contributed by atoms with Gasteiger partial charge in [-0.2, -0.15) is 0 Å². The zero-order valence-corrected chi connectivity index (χ0v) is 12.4. The fourth-order valence-corrected chi connectivity index (χ4v) is 1.57. The first kappa shape index (κ1) is 17.2. The van der Waals surface area contributed by atoms with Crippen LogP contribution in [0.1, 0.15) is 17.3 Å². The zero-order chi connectivity index (χ0) is 16.4. The molecule has 1 aromatic carbocycles. The van der Waals surface area contributed by atoms with E-state index < -0.39 is 6.03 Å². The molecule has 22 heavy (non-hydrogen) atoms. The van der Waals surface area contributed by atoms with Gasteiger partial charge in [0.15, 0.2) is 0 Å². The quantitative estimate of drug-likeness (QED) is 0.562. The van der Waals surface area contributed by atoms with Crippen molar-refractivity contribution in [1.82, 2.24) is 16.0 Å². The van der Waals surface area contributed by atoms with Crippen molar-refractivity contribution in [3.63, 3.8) is 0 Å². The average Bonchev–Trinajstić information content (AvgIpc) is 2.51. The Labute approximate surface area is 129 Å². The third-order valence-corrected chi connectivity index (χ3v) is 2.60. The Balaban J connectivity index is 2.46. The molecule has 1 aromatic rings. The summed E-state index contributed by atoms with van der Waals surface area (Å²) in [7, 11) is 0. The third kappa shape index (κ3) is 6.08. The second-order valence-electron chi connectivity index (χ2n) is 4.34. The molecule has 0 aliphatic carbocycles. The lowest BCUT2D eigenvalue weighted by Gasteiger charge is -2.08. The maximum Gasteiger partial charge on any atom is 0.319 e. The van der Waals surface area contributed by atoms with Gasteiger partial charge in [-0.15, -0.1) is 6.58 Å². The van der Waals surface area contributed by atoms with E-state index in [1.807, 2.05) is 0 Å². The molecule has 0 aromatic heterocycles. The van der Waals surface area contributed by atoms with Crippen LogP contribution in [0.5, 0.6) is 0 Å². The van der Waals surface area contributed by atoms with Gasteiger partial charge in [0.2, 0.25) is 5.91 Å². The molecule has 7 nitrogen and oxygen atoms in total. The van der Waals surface area contributed by atoms with Crippen molar-refractivity contribution in [2.75, 3.05) is 25.0 Å². The Hall–Kier alpha value is -2.83. The Bertz CT molecular complexity index is 540. The van der Waals surface area contributed by atoms with Crippen LogP contribution in [0.15, 0.2) is 36.9 Å². The molecule has 0 aliphatic heterocycles. The van der Waals surface area contributed by atoms with Crippen LogP contribution in [0.25, 0.3) is 0 Å². The Morgan fingerprint density at radius 1 is 1.09 bits per heavy atom. The predicted octanol–water partition coefficient (Wildman–Crippen LogP) is 0.860.